The third-order valence-electron chi connectivity index (χ3n) is 4.87. The van der Waals surface area contributed by atoms with Gasteiger partial charge in [0.25, 0.3) is 0 Å². The summed E-state index contributed by atoms with van der Waals surface area (Å²) in [5, 5.41) is 9.76. The van der Waals surface area contributed by atoms with Crippen LogP contribution >= 0.6 is 0 Å². The first-order valence-corrected chi connectivity index (χ1v) is 8.66. The van der Waals surface area contributed by atoms with Crippen molar-refractivity contribution in [2.75, 3.05) is 18.0 Å². The Bertz CT molecular complexity index is 738. The molecular weight excluding hydrogens is 316 g/mol. The van der Waals surface area contributed by atoms with Crippen LogP contribution in [0.4, 0.5) is 5.69 Å². The molecule has 3 N–H and O–H groups in total. The predicted octanol–water partition coefficient (Wildman–Crippen LogP) is 2.22. The van der Waals surface area contributed by atoms with Gasteiger partial charge in [-0.15, -0.1) is 0 Å². The van der Waals surface area contributed by atoms with Crippen LogP contribution in [0.1, 0.15) is 40.4 Å². The predicted molar refractivity (Wildman–Crippen MR) is 96.8 cm³/mol. The number of aromatic nitrogens is 2. The van der Waals surface area contributed by atoms with E-state index in [0.29, 0.717) is 30.3 Å². The van der Waals surface area contributed by atoms with Gasteiger partial charge in [-0.2, -0.15) is 0 Å². The number of hydrogen-bond acceptors (Lipinski definition) is 6. The fourth-order valence-electron chi connectivity index (χ4n) is 3.32. The minimum absolute atomic E-state index is 0.0833. The average molecular weight is 340 g/mol. The zero-order valence-corrected chi connectivity index (χ0v) is 14.5. The van der Waals surface area contributed by atoms with Crippen LogP contribution in [0.25, 0.3) is 0 Å². The number of nitrogens with two attached hydrogens (primary N) is 1. The van der Waals surface area contributed by atoms with Gasteiger partial charge in [-0.25, -0.2) is 9.97 Å². The van der Waals surface area contributed by atoms with Gasteiger partial charge in [0.05, 0.1) is 5.69 Å². The molecule has 1 aliphatic heterocycles. The van der Waals surface area contributed by atoms with E-state index in [-0.39, 0.29) is 11.4 Å². The first-order valence-electron chi connectivity index (χ1n) is 8.66. The van der Waals surface area contributed by atoms with E-state index in [2.05, 4.69) is 39.1 Å². The summed E-state index contributed by atoms with van der Waals surface area (Å²) in [6.45, 7) is 4.24. The Morgan fingerprint density at radius 2 is 1.92 bits per heavy atom. The molecule has 6 heteroatoms. The lowest BCUT2D eigenvalue weighted by Gasteiger charge is -2.33. The van der Waals surface area contributed by atoms with Crippen molar-refractivity contribution < 1.29 is 9.90 Å². The van der Waals surface area contributed by atoms with Crippen molar-refractivity contribution in [3.05, 3.63) is 47.0 Å². The number of aryl methyl sites for hydroxylation is 1. The minimum atomic E-state index is -0.116. The maximum absolute atomic E-state index is 11.0. The van der Waals surface area contributed by atoms with Crippen molar-refractivity contribution in [2.45, 2.75) is 32.7 Å². The van der Waals surface area contributed by atoms with Crippen molar-refractivity contribution in [3.8, 4) is 5.75 Å². The van der Waals surface area contributed by atoms with Crippen LogP contribution in [0.2, 0.25) is 0 Å². The van der Waals surface area contributed by atoms with Crippen LogP contribution in [0.15, 0.2) is 24.3 Å². The molecule has 1 aromatic carbocycles. The molecule has 2 aromatic rings. The van der Waals surface area contributed by atoms with Gasteiger partial charge in [0.1, 0.15) is 11.5 Å². The van der Waals surface area contributed by atoms with E-state index in [1.54, 1.807) is 6.92 Å². The highest BCUT2D eigenvalue weighted by atomic mass is 16.3. The van der Waals surface area contributed by atoms with Crippen LogP contribution < -0.4 is 10.6 Å². The Morgan fingerprint density at radius 3 is 2.52 bits per heavy atom. The SMILES string of the molecule is Cc1nc(CC2CCN(c3ccc(CN)cc3)CC2)nc(C=O)c1O. The molecule has 25 heavy (non-hydrogen) atoms. The quantitative estimate of drug-likeness (QED) is 0.811. The Kier molecular flexibility index (Phi) is 5.28. The molecule has 3 rings (SSSR count). The molecule has 0 aliphatic carbocycles. The highest BCUT2D eigenvalue weighted by molar-refractivity contribution is 5.76. The van der Waals surface area contributed by atoms with Crippen molar-refractivity contribution in [1.82, 2.24) is 9.97 Å². The van der Waals surface area contributed by atoms with Crippen molar-refractivity contribution in [1.29, 1.82) is 0 Å². The van der Waals surface area contributed by atoms with E-state index < -0.39 is 0 Å². The molecule has 0 atom stereocenters. The molecule has 0 saturated carbocycles. The van der Waals surface area contributed by atoms with E-state index in [4.69, 9.17) is 5.73 Å². The third-order valence-corrected chi connectivity index (χ3v) is 4.87. The van der Waals surface area contributed by atoms with Gasteiger partial charge in [-0.05, 0) is 43.4 Å². The van der Waals surface area contributed by atoms with E-state index in [9.17, 15) is 9.90 Å². The largest absolute Gasteiger partial charge is 0.504 e. The number of nitrogens with zero attached hydrogens (tertiary/aromatic N) is 3. The van der Waals surface area contributed by atoms with E-state index in [0.717, 1.165) is 37.9 Å². The number of carbonyl (C=O) groups is 1. The fourth-order valence-corrected chi connectivity index (χ4v) is 3.32. The fraction of sp³-hybridized carbons (Fsp3) is 0.421. The highest BCUT2D eigenvalue weighted by Gasteiger charge is 2.21. The third kappa shape index (κ3) is 3.96. The molecule has 6 nitrogen and oxygen atoms in total. The minimum Gasteiger partial charge on any atom is -0.504 e. The van der Waals surface area contributed by atoms with Crippen molar-refractivity contribution in [2.24, 2.45) is 11.7 Å². The summed E-state index contributed by atoms with van der Waals surface area (Å²) >= 11 is 0. The van der Waals surface area contributed by atoms with Gasteiger partial charge >= 0.3 is 0 Å². The number of rotatable bonds is 5. The van der Waals surface area contributed by atoms with E-state index >= 15 is 0 Å². The molecular formula is C19H24N4O2. The lowest BCUT2D eigenvalue weighted by Crippen LogP contribution is -2.34. The number of aromatic hydroxyl groups is 1. The van der Waals surface area contributed by atoms with Crippen LogP contribution in [-0.2, 0) is 13.0 Å². The number of carbonyl (C=O) groups excluding carboxylic acids is 1. The topological polar surface area (TPSA) is 92.3 Å². The first kappa shape index (κ1) is 17.4. The van der Waals surface area contributed by atoms with Gasteiger partial charge in [0, 0.05) is 31.7 Å². The Balaban J connectivity index is 1.61. The van der Waals surface area contributed by atoms with Crippen molar-refractivity contribution >= 4 is 12.0 Å². The van der Waals surface area contributed by atoms with Gasteiger partial charge in [-0.3, -0.25) is 4.79 Å². The first-order chi connectivity index (χ1) is 12.1. The Hall–Kier alpha value is -2.47. The molecule has 0 unspecified atom stereocenters. The summed E-state index contributed by atoms with van der Waals surface area (Å²) in [7, 11) is 0. The van der Waals surface area contributed by atoms with Crippen LogP contribution in [0, 0.1) is 12.8 Å². The second kappa shape index (κ2) is 7.61. The molecule has 1 aliphatic rings. The monoisotopic (exact) mass is 340 g/mol. The number of piperidine rings is 1. The summed E-state index contributed by atoms with van der Waals surface area (Å²) in [5.41, 5.74) is 8.57. The Morgan fingerprint density at radius 1 is 1.24 bits per heavy atom. The number of hydrogen-bond donors (Lipinski definition) is 2. The van der Waals surface area contributed by atoms with Crippen LogP contribution in [-0.4, -0.2) is 34.5 Å². The average Bonchev–Trinajstić information content (AvgIpc) is 2.65. The lowest BCUT2D eigenvalue weighted by atomic mass is 9.92. The lowest BCUT2D eigenvalue weighted by molar-refractivity contribution is 0.111. The van der Waals surface area contributed by atoms with Crippen molar-refractivity contribution in [3.63, 3.8) is 0 Å². The highest BCUT2D eigenvalue weighted by Crippen LogP contribution is 2.26. The zero-order valence-electron chi connectivity index (χ0n) is 14.5. The number of aldehydes is 1. The maximum atomic E-state index is 11.0. The normalized spacial score (nSPS) is 15.4. The summed E-state index contributed by atoms with van der Waals surface area (Å²) in [5.74, 6) is 1.01. The molecule has 2 heterocycles. The molecule has 0 radical (unpaired) electrons. The Labute approximate surface area is 147 Å². The van der Waals surface area contributed by atoms with Gasteiger partial charge in [0.2, 0.25) is 0 Å². The maximum Gasteiger partial charge on any atom is 0.172 e. The smallest absolute Gasteiger partial charge is 0.172 e. The summed E-state index contributed by atoms with van der Waals surface area (Å²) in [4.78, 5) is 21.9. The summed E-state index contributed by atoms with van der Waals surface area (Å²) in [6.07, 6.45) is 3.43. The number of benzene rings is 1. The number of anilines is 1. The molecule has 0 spiro atoms. The standard InChI is InChI=1S/C19H24N4O2/c1-13-19(25)17(12-24)22-18(21-13)10-14-6-8-23(9-7-14)16-4-2-15(11-20)3-5-16/h2-5,12,14,25H,6-11,20H2,1H3. The van der Waals surface area contributed by atoms with Crippen LogP contribution in [0.5, 0.6) is 5.75 Å². The summed E-state index contributed by atoms with van der Waals surface area (Å²) < 4.78 is 0. The molecule has 1 fully saturated rings. The van der Waals surface area contributed by atoms with Gasteiger partial charge in [-0.1, -0.05) is 12.1 Å². The van der Waals surface area contributed by atoms with E-state index in [1.807, 2.05) is 0 Å². The second-order valence-electron chi connectivity index (χ2n) is 6.58. The van der Waals surface area contributed by atoms with Crippen LogP contribution in [0.3, 0.4) is 0 Å². The molecule has 1 saturated heterocycles. The van der Waals surface area contributed by atoms with Gasteiger partial charge in [0.15, 0.2) is 12.0 Å². The van der Waals surface area contributed by atoms with E-state index in [1.165, 1.54) is 5.69 Å². The second-order valence-corrected chi connectivity index (χ2v) is 6.58. The van der Waals surface area contributed by atoms with Gasteiger partial charge < -0.3 is 15.7 Å². The molecule has 132 valence electrons. The molecule has 1 aromatic heterocycles. The molecule has 0 amide bonds. The molecule has 0 bridgehead atoms. The summed E-state index contributed by atoms with van der Waals surface area (Å²) in [6, 6.07) is 8.42. The zero-order chi connectivity index (χ0) is 17.8.